The van der Waals surface area contributed by atoms with Gasteiger partial charge in [-0.1, -0.05) is 12.1 Å². The highest BCUT2D eigenvalue weighted by Gasteiger charge is 2.15. The summed E-state index contributed by atoms with van der Waals surface area (Å²) in [6, 6.07) is 6.16. The molecule has 2 rings (SSSR count). The lowest BCUT2D eigenvalue weighted by atomic mass is 10.0. The number of hydrogen-bond acceptors (Lipinski definition) is 4. The first-order valence-corrected chi connectivity index (χ1v) is 4.82. The van der Waals surface area contributed by atoms with Crippen molar-refractivity contribution in [3.8, 4) is 23.2 Å². The van der Waals surface area contributed by atoms with Gasteiger partial charge in [0.15, 0.2) is 0 Å². The van der Waals surface area contributed by atoms with E-state index in [1.807, 2.05) is 6.07 Å². The van der Waals surface area contributed by atoms with Crippen molar-refractivity contribution < 1.29 is 9.13 Å². The quantitative estimate of drug-likeness (QED) is 0.791. The van der Waals surface area contributed by atoms with Crippen LogP contribution in [0.15, 0.2) is 30.6 Å². The molecule has 84 valence electrons. The van der Waals surface area contributed by atoms with Crippen LogP contribution in [0, 0.1) is 17.1 Å². The van der Waals surface area contributed by atoms with E-state index in [4.69, 9.17) is 10.00 Å². The van der Waals surface area contributed by atoms with Crippen LogP contribution in [0.25, 0.3) is 11.3 Å². The SMILES string of the molecule is COc1nccnc1-c1cccc(F)c1C#N. The molecule has 0 radical (unpaired) electrons. The second kappa shape index (κ2) is 4.58. The summed E-state index contributed by atoms with van der Waals surface area (Å²) in [6.07, 6.45) is 2.93. The van der Waals surface area contributed by atoms with Gasteiger partial charge in [0.1, 0.15) is 17.6 Å². The van der Waals surface area contributed by atoms with Crippen molar-refractivity contribution >= 4 is 0 Å². The van der Waals surface area contributed by atoms with E-state index in [0.717, 1.165) is 0 Å². The van der Waals surface area contributed by atoms with Crippen LogP contribution in [0.3, 0.4) is 0 Å². The van der Waals surface area contributed by atoms with Crippen LogP contribution in [0.1, 0.15) is 5.56 Å². The van der Waals surface area contributed by atoms with Gasteiger partial charge in [-0.2, -0.15) is 5.26 Å². The minimum atomic E-state index is -0.585. The van der Waals surface area contributed by atoms with Gasteiger partial charge in [-0.25, -0.2) is 14.4 Å². The molecule has 0 amide bonds. The summed E-state index contributed by atoms with van der Waals surface area (Å²) < 4.78 is 18.5. The van der Waals surface area contributed by atoms with Crippen LogP contribution in [0.2, 0.25) is 0 Å². The summed E-state index contributed by atoms with van der Waals surface area (Å²) in [5.74, 6) is -0.327. The summed E-state index contributed by atoms with van der Waals surface area (Å²) in [5, 5.41) is 8.95. The standard InChI is InChI=1S/C12H8FN3O/c1-17-12-11(15-5-6-16-12)8-3-2-4-10(13)9(8)7-14/h2-6H,1H3. The predicted octanol–water partition coefficient (Wildman–Crippen LogP) is 2.16. The molecule has 1 heterocycles. The Balaban J connectivity index is 2.69. The molecule has 0 aliphatic carbocycles. The molecule has 0 fully saturated rings. The van der Waals surface area contributed by atoms with E-state index in [1.165, 1.54) is 31.6 Å². The number of ether oxygens (including phenoxy) is 1. The molecular formula is C12H8FN3O. The fraction of sp³-hybridized carbons (Fsp3) is 0.0833. The summed E-state index contributed by atoms with van der Waals surface area (Å²) in [5.41, 5.74) is 0.662. The third-order valence-electron chi connectivity index (χ3n) is 2.24. The molecular weight excluding hydrogens is 221 g/mol. The largest absolute Gasteiger partial charge is 0.479 e. The highest BCUT2D eigenvalue weighted by atomic mass is 19.1. The average molecular weight is 229 g/mol. The topological polar surface area (TPSA) is 58.8 Å². The third-order valence-corrected chi connectivity index (χ3v) is 2.24. The molecule has 2 aromatic rings. The summed E-state index contributed by atoms with van der Waals surface area (Å²) >= 11 is 0. The number of hydrogen-bond donors (Lipinski definition) is 0. The normalized spacial score (nSPS) is 9.71. The molecule has 0 bridgehead atoms. The van der Waals surface area contributed by atoms with Crippen molar-refractivity contribution in [3.63, 3.8) is 0 Å². The maximum absolute atomic E-state index is 13.5. The average Bonchev–Trinajstić information content (AvgIpc) is 2.38. The fourth-order valence-corrected chi connectivity index (χ4v) is 1.49. The van der Waals surface area contributed by atoms with E-state index in [-0.39, 0.29) is 11.4 Å². The molecule has 0 atom stereocenters. The van der Waals surface area contributed by atoms with Gasteiger partial charge in [0.05, 0.1) is 12.7 Å². The van der Waals surface area contributed by atoms with Crippen molar-refractivity contribution in [1.82, 2.24) is 9.97 Å². The van der Waals surface area contributed by atoms with E-state index < -0.39 is 5.82 Å². The first-order valence-electron chi connectivity index (χ1n) is 4.82. The molecule has 17 heavy (non-hydrogen) atoms. The Morgan fingerprint density at radius 1 is 1.29 bits per heavy atom. The molecule has 4 nitrogen and oxygen atoms in total. The lowest BCUT2D eigenvalue weighted by Gasteiger charge is -2.07. The van der Waals surface area contributed by atoms with Gasteiger partial charge >= 0.3 is 0 Å². The second-order valence-corrected chi connectivity index (χ2v) is 3.19. The molecule has 1 aromatic carbocycles. The summed E-state index contributed by atoms with van der Waals surface area (Å²) in [4.78, 5) is 8.03. The summed E-state index contributed by atoms with van der Waals surface area (Å²) in [6.45, 7) is 0. The Hall–Kier alpha value is -2.48. The molecule has 0 unspecified atom stereocenters. The predicted molar refractivity (Wildman–Crippen MR) is 58.7 cm³/mol. The first-order chi connectivity index (χ1) is 8.27. The zero-order valence-corrected chi connectivity index (χ0v) is 9.01. The van der Waals surface area contributed by atoms with Crippen LogP contribution in [0.5, 0.6) is 5.88 Å². The first kappa shape index (κ1) is 11.0. The number of rotatable bonds is 2. The highest BCUT2D eigenvalue weighted by molar-refractivity contribution is 5.71. The molecule has 0 spiro atoms. The molecule has 0 aliphatic heterocycles. The second-order valence-electron chi connectivity index (χ2n) is 3.19. The Kier molecular flexibility index (Phi) is 2.97. The number of nitriles is 1. The van der Waals surface area contributed by atoms with Gasteiger partial charge < -0.3 is 4.74 Å². The van der Waals surface area contributed by atoms with Crippen molar-refractivity contribution in [3.05, 3.63) is 42.0 Å². The summed E-state index contributed by atoms with van der Waals surface area (Å²) in [7, 11) is 1.44. The smallest absolute Gasteiger partial charge is 0.240 e. The minimum Gasteiger partial charge on any atom is -0.479 e. The van der Waals surface area contributed by atoms with Gasteiger partial charge in [0.2, 0.25) is 5.88 Å². The van der Waals surface area contributed by atoms with Gasteiger partial charge in [-0.05, 0) is 6.07 Å². The lowest BCUT2D eigenvalue weighted by Crippen LogP contribution is -1.97. The Bertz CT molecular complexity index is 593. The molecule has 0 saturated carbocycles. The number of halogens is 1. The third kappa shape index (κ3) is 1.93. The van der Waals surface area contributed by atoms with E-state index >= 15 is 0 Å². The van der Waals surface area contributed by atoms with Crippen molar-refractivity contribution in [2.75, 3.05) is 7.11 Å². The highest BCUT2D eigenvalue weighted by Crippen LogP contribution is 2.28. The number of methoxy groups -OCH3 is 1. The zero-order valence-electron chi connectivity index (χ0n) is 9.01. The Morgan fingerprint density at radius 3 is 2.76 bits per heavy atom. The maximum atomic E-state index is 13.5. The number of benzene rings is 1. The number of nitrogens with zero attached hydrogens (tertiary/aromatic N) is 3. The van der Waals surface area contributed by atoms with Crippen molar-refractivity contribution in [2.45, 2.75) is 0 Å². The van der Waals surface area contributed by atoms with Gasteiger partial charge in [-0.3, -0.25) is 0 Å². The Labute approximate surface area is 97.3 Å². The van der Waals surface area contributed by atoms with Gasteiger partial charge in [0, 0.05) is 18.0 Å². The molecule has 0 aliphatic rings. The number of aromatic nitrogens is 2. The van der Waals surface area contributed by atoms with Gasteiger partial charge in [-0.15, -0.1) is 0 Å². The van der Waals surface area contributed by atoms with Crippen LogP contribution in [0.4, 0.5) is 4.39 Å². The molecule has 0 N–H and O–H groups in total. The zero-order chi connectivity index (χ0) is 12.3. The van der Waals surface area contributed by atoms with E-state index in [9.17, 15) is 4.39 Å². The monoisotopic (exact) mass is 229 g/mol. The minimum absolute atomic E-state index is 0.0636. The van der Waals surface area contributed by atoms with Crippen LogP contribution in [-0.4, -0.2) is 17.1 Å². The van der Waals surface area contributed by atoms with Crippen LogP contribution < -0.4 is 4.74 Å². The van der Waals surface area contributed by atoms with Crippen LogP contribution >= 0.6 is 0 Å². The van der Waals surface area contributed by atoms with Crippen molar-refractivity contribution in [2.24, 2.45) is 0 Å². The van der Waals surface area contributed by atoms with E-state index in [0.29, 0.717) is 11.3 Å². The molecule has 0 saturated heterocycles. The van der Waals surface area contributed by atoms with E-state index in [1.54, 1.807) is 6.07 Å². The fourth-order valence-electron chi connectivity index (χ4n) is 1.49. The maximum Gasteiger partial charge on any atom is 0.240 e. The van der Waals surface area contributed by atoms with E-state index in [2.05, 4.69) is 9.97 Å². The van der Waals surface area contributed by atoms with Gasteiger partial charge in [0.25, 0.3) is 0 Å². The molecule has 1 aromatic heterocycles. The Morgan fingerprint density at radius 2 is 2.06 bits per heavy atom. The van der Waals surface area contributed by atoms with Crippen LogP contribution in [-0.2, 0) is 0 Å². The molecule has 5 heteroatoms. The lowest BCUT2D eigenvalue weighted by molar-refractivity contribution is 0.397. The van der Waals surface area contributed by atoms with Crippen molar-refractivity contribution in [1.29, 1.82) is 5.26 Å².